The van der Waals surface area contributed by atoms with Gasteiger partial charge in [-0.1, -0.05) is 36.8 Å². The maximum Gasteiger partial charge on any atom is 0.147 e. The van der Waals surface area contributed by atoms with Crippen LogP contribution in [0.1, 0.15) is 23.7 Å². The Labute approximate surface area is 120 Å². The monoisotopic (exact) mass is 270 g/mol. The molecule has 4 heteroatoms. The second kappa shape index (κ2) is 7.01. The number of aromatic nitrogens is 2. The summed E-state index contributed by atoms with van der Waals surface area (Å²) in [6.07, 6.45) is 3.67. The first-order chi connectivity index (χ1) is 9.69. The first-order valence-corrected chi connectivity index (χ1v) is 6.97. The van der Waals surface area contributed by atoms with E-state index in [-0.39, 0.29) is 0 Å². The highest BCUT2D eigenvalue weighted by Gasteiger charge is 2.04. The topological polar surface area (TPSA) is 41.1 Å². The zero-order valence-corrected chi connectivity index (χ0v) is 12.4. The smallest absolute Gasteiger partial charge is 0.147 e. The lowest BCUT2D eigenvalue weighted by Gasteiger charge is -2.18. The summed E-state index contributed by atoms with van der Waals surface area (Å²) in [5, 5.41) is 3.24. The molecule has 1 N–H and O–H groups in total. The van der Waals surface area contributed by atoms with E-state index in [1.807, 2.05) is 19.4 Å². The van der Waals surface area contributed by atoms with Gasteiger partial charge in [0.05, 0.1) is 18.1 Å². The Hall–Kier alpha value is -1.94. The minimum absolute atomic E-state index is 0.769. The summed E-state index contributed by atoms with van der Waals surface area (Å²) in [5.41, 5.74) is 3.54. The number of rotatable bonds is 6. The Morgan fingerprint density at radius 2 is 2.05 bits per heavy atom. The van der Waals surface area contributed by atoms with Crippen LogP contribution in [-0.4, -0.2) is 23.6 Å². The van der Waals surface area contributed by atoms with Crippen molar-refractivity contribution in [1.82, 2.24) is 15.3 Å². The van der Waals surface area contributed by atoms with Gasteiger partial charge in [0, 0.05) is 20.1 Å². The summed E-state index contributed by atoms with van der Waals surface area (Å²) < 4.78 is 0. The van der Waals surface area contributed by atoms with E-state index >= 15 is 0 Å². The van der Waals surface area contributed by atoms with Gasteiger partial charge in [-0.25, -0.2) is 4.98 Å². The summed E-state index contributed by atoms with van der Waals surface area (Å²) in [4.78, 5) is 11.0. The third kappa shape index (κ3) is 4.03. The van der Waals surface area contributed by atoms with E-state index in [9.17, 15) is 0 Å². The fraction of sp³-hybridized carbons (Fsp3) is 0.375. The predicted molar refractivity (Wildman–Crippen MR) is 82.7 cm³/mol. The Kier molecular flexibility index (Phi) is 5.07. The SMILES string of the molecule is CCNCc1cnc(N(C)Cc2cccc(C)c2)cn1. The molecule has 2 aromatic rings. The van der Waals surface area contributed by atoms with Gasteiger partial charge in [-0.2, -0.15) is 0 Å². The molecule has 1 aromatic carbocycles. The number of nitrogens with zero attached hydrogens (tertiary/aromatic N) is 3. The second-order valence-electron chi connectivity index (χ2n) is 4.99. The minimum Gasteiger partial charge on any atom is -0.354 e. The number of hydrogen-bond acceptors (Lipinski definition) is 4. The van der Waals surface area contributed by atoms with E-state index in [1.54, 1.807) is 0 Å². The van der Waals surface area contributed by atoms with Crippen molar-refractivity contribution in [3.63, 3.8) is 0 Å². The van der Waals surface area contributed by atoms with Crippen LogP contribution in [0, 0.1) is 6.92 Å². The zero-order valence-electron chi connectivity index (χ0n) is 12.4. The highest BCUT2D eigenvalue weighted by Crippen LogP contribution is 2.12. The molecule has 4 nitrogen and oxygen atoms in total. The number of anilines is 1. The van der Waals surface area contributed by atoms with Crippen molar-refractivity contribution in [2.24, 2.45) is 0 Å². The van der Waals surface area contributed by atoms with Crippen molar-refractivity contribution in [3.8, 4) is 0 Å². The third-order valence-electron chi connectivity index (χ3n) is 3.14. The Morgan fingerprint density at radius 3 is 2.70 bits per heavy atom. The van der Waals surface area contributed by atoms with Crippen LogP contribution in [0.5, 0.6) is 0 Å². The summed E-state index contributed by atoms with van der Waals surface area (Å²) in [6.45, 7) is 6.74. The number of benzene rings is 1. The summed E-state index contributed by atoms with van der Waals surface area (Å²) in [6, 6.07) is 8.53. The third-order valence-corrected chi connectivity index (χ3v) is 3.14. The summed E-state index contributed by atoms with van der Waals surface area (Å²) in [5.74, 6) is 0.895. The first kappa shape index (κ1) is 14.5. The molecule has 0 fully saturated rings. The molecule has 0 atom stereocenters. The van der Waals surface area contributed by atoms with Crippen LogP contribution in [0.15, 0.2) is 36.7 Å². The lowest BCUT2D eigenvalue weighted by Crippen LogP contribution is -2.19. The molecule has 20 heavy (non-hydrogen) atoms. The first-order valence-electron chi connectivity index (χ1n) is 6.97. The van der Waals surface area contributed by atoms with Crippen molar-refractivity contribution < 1.29 is 0 Å². The van der Waals surface area contributed by atoms with Gasteiger partial charge in [-0.3, -0.25) is 4.98 Å². The molecule has 1 heterocycles. The Morgan fingerprint density at radius 1 is 1.20 bits per heavy atom. The standard InChI is InChI=1S/C16H22N4/c1-4-17-9-15-10-19-16(11-18-15)20(3)12-14-7-5-6-13(2)8-14/h5-8,10-11,17H,4,9,12H2,1-3H3. The predicted octanol–water partition coefficient (Wildman–Crippen LogP) is 2.53. The van der Waals surface area contributed by atoms with Crippen LogP contribution in [0.4, 0.5) is 5.82 Å². The van der Waals surface area contributed by atoms with E-state index in [0.717, 1.165) is 31.1 Å². The van der Waals surface area contributed by atoms with Crippen LogP contribution in [-0.2, 0) is 13.1 Å². The van der Waals surface area contributed by atoms with Crippen LogP contribution in [0.2, 0.25) is 0 Å². The number of hydrogen-bond donors (Lipinski definition) is 1. The summed E-state index contributed by atoms with van der Waals surface area (Å²) in [7, 11) is 2.04. The highest BCUT2D eigenvalue weighted by atomic mass is 15.2. The molecular weight excluding hydrogens is 248 g/mol. The van der Waals surface area contributed by atoms with Crippen LogP contribution >= 0.6 is 0 Å². The van der Waals surface area contributed by atoms with E-state index in [2.05, 4.69) is 58.3 Å². The molecule has 2 rings (SSSR count). The van der Waals surface area contributed by atoms with Gasteiger partial charge in [0.15, 0.2) is 0 Å². The normalized spacial score (nSPS) is 10.6. The van der Waals surface area contributed by atoms with Gasteiger partial charge in [0.2, 0.25) is 0 Å². The second-order valence-corrected chi connectivity index (χ2v) is 4.99. The van der Waals surface area contributed by atoms with E-state index in [1.165, 1.54) is 11.1 Å². The molecular formula is C16H22N4. The fourth-order valence-corrected chi connectivity index (χ4v) is 2.05. The van der Waals surface area contributed by atoms with Gasteiger partial charge in [-0.15, -0.1) is 0 Å². The fourth-order valence-electron chi connectivity index (χ4n) is 2.05. The molecule has 0 spiro atoms. The van der Waals surface area contributed by atoms with Crippen LogP contribution in [0.3, 0.4) is 0 Å². The molecule has 1 aromatic heterocycles. The van der Waals surface area contributed by atoms with Crippen molar-refractivity contribution in [2.45, 2.75) is 26.9 Å². The van der Waals surface area contributed by atoms with E-state index < -0.39 is 0 Å². The molecule has 0 unspecified atom stereocenters. The molecule has 0 bridgehead atoms. The van der Waals surface area contributed by atoms with Gasteiger partial charge in [0.1, 0.15) is 5.82 Å². The van der Waals surface area contributed by atoms with Crippen molar-refractivity contribution in [3.05, 3.63) is 53.5 Å². The van der Waals surface area contributed by atoms with Crippen LogP contribution < -0.4 is 10.2 Å². The number of aryl methyl sites for hydroxylation is 1. The highest BCUT2D eigenvalue weighted by molar-refractivity contribution is 5.36. The van der Waals surface area contributed by atoms with Crippen molar-refractivity contribution in [2.75, 3.05) is 18.5 Å². The maximum absolute atomic E-state index is 4.47. The quantitative estimate of drug-likeness (QED) is 0.876. The lowest BCUT2D eigenvalue weighted by atomic mass is 10.1. The molecule has 0 saturated heterocycles. The number of nitrogens with one attached hydrogen (secondary N) is 1. The van der Waals surface area contributed by atoms with Gasteiger partial charge in [0.25, 0.3) is 0 Å². The summed E-state index contributed by atoms with van der Waals surface area (Å²) >= 11 is 0. The van der Waals surface area contributed by atoms with Gasteiger partial charge >= 0.3 is 0 Å². The molecule has 0 radical (unpaired) electrons. The average Bonchev–Trinajstić information content (AvgIpc) is 2.45. The molecule has 0 aliphatic carbocycles. The van der Waals surface area contributed by atoms with E-state index in [4.69, 9.17) is 0 Å². The minimum atomic E-state index is 0.769. The molecule has 106 valence electrons. The van der Waals surface area contributed by atoms with Gasteiger partial charge < -0.3 is 10.2 Å². The largest absolute Gasteiger partial charge is 0.354 e. The molecule has 0 aliphatic rings. The average molecular weight is 270 g/mol. The van der Waals surface area contributed by atoms with Gasteiger partial charge in [-0.05, 0) is 19.0 Å². The zero-order chi connectivity index (χ0) is 14.4. The molecule has 0 saturated carbocycles. The maximum atomic E-state index is 4.47. The van der Waals surface area contributed by atoms with Crippen LogP contribution in [0.25, 0.3) is 0 Å². The van der Waals surface area contributed by atoms with E-state index in [0.29, 0.717) is 0 Å². The molecule has 0 aliphatic heterocycles. The Bertz CT molecular complexity index is 536. The van der Waals surface area contributed by atoms with Crippen molar-refractivity contribution in [1.29, 1.82) is 0 Å². The lowest BCUT2D eigenvalue weighted by molar-refractivity contribution is 0.706. The van der Waals surface area contributed by atoms with Crippen molar-refractivity contribution >= 4 is 5.82 Å². The Balaban J connectivity index is 2.00. The molecule has 0 amide bonds.